The normalized spacial score (nSPS) is 17.7. The molecule has 0 spiro atoms. The summed E-state index contributed by atoms with van der Waals surface area (Å²) in [6.07, 6.45) is 0. The van der Waals surface area contributed by atoms with E-state index in [1.54, 1.807) is 6.04 Å². The summed E-state index contributed by atoms with van der Waals surface area (Å²) in [7, 11) is -3.45. The minimum absolute atomic E-state index is 0.850. The van der Waals surface area contributed by atoms with Gasteiger partial charge in [0.15, 0.2) is 0 Å². The second-order valence-electron chi connectivity index (χ2n) is 10.5. The predicted molar refractivity (Wildman–Crippen MR) is 115 cm³/mol. The molecule has 0 aromatic heterocycles. The molecule has 21 heavy (non-hydrogen) atoms. The molecule has 0 heterocycles. The van der Waals surface area contributed by atoms with Crippen LogP contribution in [0.25, 0.3) is 0 Å². The van der Waals surface area contributed by atoms with Crippen molar-refractivity contribution in [2.75, 3.05) is 0 Å². The summed E-state index contributed by atoms with van der Waals surface area (Å²) in [5.74, 6) is 8.30. The summed E-state index contributed by atoms with van der Waals surface area (Å²) in [5, 5.41) is 0. The Kier molecular flexibility index (Phi) is 7.37. The van der Waals surface area contributed by atoms with Crippen LogP contribution in [-0.2, 0) is 0 Å². The molecule has 1 atom stereocenters. The van der Waals surface area contributed by atoms with Crippen LogP contribution in [0.1, 0.15) is 20.8 Å². The van der Waals surface area contributed by atoms with Crippen LogP contribution >= 0.6 is 0 Å². The molecule has 0 aromatic carbocycles. The molecule has 0 N–H and O–H groups in total. The summed E-state index contributed by atoms with van der Waals surface area (Å²) in [6, 6.07) is 6.22. The Morgan fingerprint density at radius 1 is 0.714 bits per heavy atom. The monoisotopic (exact) mass is 406 g/mol. The van der Waals surface area contributed by atoms with Crippen LogP contribution in [0, 0.1) is 0 Å². The summed E-state index contributed by atoms with van der Waals surface area (Å²) >= 11 is -1.81. The first kappa shape index (κ1) is 22.2. The van der Waals surface area contributed by atoms with E-state index in [-0.39, 0.29) is 0 Å². The van der Waals surface area contributed by atoms with Gasteiger partial charge in [-0.15, -0.1) is 0 Å². The molecule has 0 radical (unpaired) electrons. The van der Waals surface area contributed by atoms with Gasteiger partial charge in [-0.05, 0) is 0 Å². The van der Waals surface area contributed by atoms with Crippen molar-refractivity contribution >= 4 is 37.5 Å². The van der Waals surface area contributed by atoms with Crippen molar-refractivity contribution < 1.29 is 0 Å². The van der Waals surface area contributed by atoms with Gasteiger partial charge in [-0.3, -0.25) is 0 Å². The van der Waals surface area contributed by atoms with Gasteiger partial charge in [-0.2, -0.15) is 0 Å². The van der Waals surface area contributed by atoms with E-state index < -0.39 is 37.5 Å². The fraction of sp³-hybridized carbons (Fsp3) is 1.00. The van der Waals surface area contributed by atoms with Gasteiger partial charge < -0.3 is 0 Å². The zero-order chi connectivity index (χ0) is 17.3. The molecule has 0 nitrogen and oxygen atoms in total. The van der Waals surface area contributed by atoms with Crippen molar-refractivity contribution in [3.05, 3.63) is 0 Å². The van der Waals surface area contributed by atoms with Gasteiger partial charge in [0.1, 0.15) is 0 Å². The second kappa shape index (κ2) is 6.98. The predicted octanol–water partition coefficient (Wildman–Crippen LogP) is 7.33. The van der Waals surface area contributed by atoms with Gasteiger partial charge in [0.2, 0.25) is 0 Å². The number of hydrogen-bond acceptors (Lipinski definition) is 0. The van der Waals surface area contributed by atoms with E-state index in [0.717, 1.165) is 3.49 Å². The SMILES string of the molecule is CC[Si](CC)(CC)[C](C[Si](C)(C)C)([Si](C)(C)C)[Ge]([CH3])([CH3])[CH3]. The Balaban J connectivity index is 6.57. The molecule has 0 rings (SSSR count). The fourth-order valence-corrected chi connectivity index (χ4v) is 64.1. The molecule has 0 aliphatic rings. The van der Waals surface area contributed by atoms with E-state index in [2.05, 4.69) is 77.3 Å². The molecule has 0 amide bonds. The van der Waals surface area contributed by atoms with Gasteiger partial charge in [-0.1, -0.05) is 0 Å². The molecular weight excluding hydrogens is 361 g/mol. The van der Waals surface area contributed by atoms with Crippen molar-refractivity contribution in [3.63, 3.8) is 0 Å². The van der Waals surface area contributed by atoms with Crippen LogP contribution in [0.2, 0.25) is 84.2 Å². The van der Waals surface area contributed by atoms with Crippen molar-refractivity contribution in [3.8, 4) is 0 Å². The topological polar surface area (TPSA) is 0 Å². The average Bonchev–Trinajstić information content (AvgIpc) is 2.25. The molecule has 0 bridgehead atoms. The van der Waals surface area contributed by atoms with E-state index in [1.807, 2.05) is 0 Å². The zero-order valence-corrected chi connectivity index (χ0v) is 22.4. The second-order valence-corrected chi connectivity index (χ2v) is 40.7. The van der Waals surface area contributed by atoms with Crippen molar-refractivity contribution in [2.45, 2.75) is 105 Å². The molecular formula is C17H44GeSi3. The Morgan fingerprint density at radius 2 is 1.05 bits per heavy atom. The maximum atomic E-state index is 2.76. The average molecular weight is 405 g/mol. The van der Waals surface area contributed by atoms with Crippen LogP contribution in [0.4, 0.5) is 0 Å². The molecule has 0 aliphatic carbocycles. The number of hydrogen-bond donors (Lipinski definition) is 0. The van der Waals surface area contributed by atoms with Gasteiger partial charge in [0, 0.05) is 0 Å². The van der Waals surface area contributed by atoms with Gasteiger partial charge in [-0.25, -0.2) is 0 Å². The van der Waals surface area contributed by atoms with Crippen molar-refractivity contribution in [1.82, 2.24) is 0 Å². The summed E-state index contributed by atoms with van der Waals surface area (Å²) in [5.41, 5.74) is 0. The van der Waals surface area contributed by atoms with Crippen LogP contribution < -0.4 is 0 Å². The first-order valence-corrected chi connectivity index (χ1v) is 26.3. The molecule has 4 heteroatoms. The third-order valence-electron chi connectivity index (χ3n) is 6.29. The first-order valence-electron chi connectivity index (χ1n) is 9.14. The Labute approximate surface area is 142 Å². The molecule has 0 aromatic rings. The first-order chi connectivity index (χ1) is 9.14. The van der Waals surface area contributed by atoms with Gasteiger partial charge >= 0.3 is 142 Å². The molecule has 0 saturated heterocycles. The van der Waals surface area contributed by atoms with Crippen molar-refractivity contribution in [2.24, 2.45) is 0 Å². The van der Waals surface area contributed by atoms with Crippen LogP contribution in [-0.4, -0.2) is 37.5 Å². The summed E-state index contributed by atoms with van der Waals surface area (Å²) in [4.78, 5) is 0. The Morgan fingerprint density at radius 3 is 1.19 bits per heavy atom. The Hall–Kier alpha value is 1.19. The van der Waals surface area contributed by atoms with Crippen LogP contribution in [0.15, 0.2) is 0 Å². The zero-order valence-electron chi connectivity index (χ0n) is 17.3. The Bertz CT molecular complexity index is 305. The quantitative estimate of drug-likeness (QED) is 0.371. The molecule has 0 aliphatic heterocycles. The number of rotatable bonds is 8. The summed E-state index contributed by atoms with van der Waals surface area (Å²) < 4.78 is 0.850. The van der Waals surface area contributed by atoms with E-state index in [9.17, 15) is 0 Å². The molecule has 0 fully saturated rings. The minimum atomic E-state index is -1.81. The van der Waals surface area contributed by atoms with E-state index in [4.69, 9.17) is 0 Å². The van der Waals surface area contributed by atoms with Crippen LogP contribution in [0.3, 0.4) is 0 Å². The third-order valence-corrected chi connectivity index (χ3v) is 43.6. The van der Waals surface area contributed by atoms with Crippen LogP contribution in [0.5, 0.6) is 0 Å². The third kappa shape index (κ3) is 4.18. The standard InChI is InChI=1S/C17H44GeSi3/c1-13-21(14-2,15-3)17(18(4,5)6,20(10,11)12)16-19(7,8)9/h13-16H2,1-12H3. The summed E-state index contributed by atoms with van der Waals surface area (Å²) in [6.45, 7) is 23.7. The maximum absolute atomic E-state index is 2.76. The van der Waals surface area contributed by atoms with E-state index in [1.165, 1.54) is 18.1 Å². The molecule has 128 valence electrons. The van der Waals surface area contributed by atoms with E-state index in [0.29, 0.717) is 0 Å². The van der Waals surface area contributed by atoms with Gasteiger partial charge in [0.05, 0.1) is 0 Å². The fourth-order valence-electron chi connectivity index (χ4n) is 5.88. The van der Waals surface area contributed by atoms with Gasteiger partial charge in [0.25, 0.3) is 0 Å². The molecule has 0 saturated carbocycles. The van der Waals surface area contributed by atoms with E-state index >= 15 is 0 Å². The van der Waals surface area contributed by atoms with Crippen molar-refractivity contribution in [1.29, 1.82) is 0 Å². The molecule has 1 unspecified atom stereocenters.